The zero-order chi connectivity index (χ0) is 23.0. The van der Waals surface area contributed by atoms with Crippen LogP contribution in [0, 0.1) is 5.92 Å². The second kappa shape index (κ2) is 10.7. The van der Waals surface area contributed by atoms with E-state index in [0.717, 1.165) is 37.1 Å². The Kier molecular flexibility index (Phi) is 7.32. The summed E-state index contributed by atoms with van der Waals surface area (Å²) in [5, 5.41) is 2.98. The van der Waals surface area contributed by atoms with Crippen LogP contribution in [0.4, 0.5) is 0 Å². The number of carbonyl (C=O) groups is 2. The number of primary amides is 1. The molecule has 1 atom stereocenters. The summed E-state index contributed by atoms with van der Waals surface area (Å²) in [7, 11) is 0. The average molecular weight is 445 g/mol. The highest BCUT2D eigenvalue weighted by molar-refractivity contribution is 5.97. The molecular formula is C26H28N4O3. The maximum atomic E-state index is 12.9. The molecular weight excluding hydrogens is 416 g/mol. The van der Waals surface area contributed by atoms with Crippen molar-refractivity contribution in [2.45, 2.75) is 25.9 Å². The molecule has 3 N–H and O–H groups in total. The Labute approximate surface area is 193 Å². The average Bonchev–Trinajstić information content (AvgIpc) is 2.84. The van der Waals surface area contributed by atoms with E-state index in [2.05, 4.69) is 27.3 Å². The molecule has 1 saturated heterocycles. The van der Waals surface area contributed by atoms with Gasteiger partial charge in [0.1, 0.15) is 11.5 Å². The number of likely N-dealkylation sites (tertiary alicyclic amines) is 1. The van der Waals surface area contributed by atoms with Gasteiger partial charge in [-0.25, -0.2) is 0 Å². The molecule has 33 heavy (non-hydrogen) atoms. The van der Waals surface area contributed by atoms with Crippen molar-refractivity contribution >= 4 is 11.8 Å². The topological polar surface area (TPSA) is 97.6 Å². The number of nitrogens with two attached hydrogens (primary N) is 1. The summed E-state index contributed by atoms with van der Waals surface area (Å²) in [6.45, 7) is 2.81. The SMILES string of the molecule is NC(=O)C1CCCN(Cc2cccc(CNC(=O)c3ccccc3Oc3cccnc3)c2)C1. The van der Waals surface area contributed by atoms with Crippen LogP contribution in [0.3, 0.4) is 0 Å². The van der Waals surface area contributed by atoms with Gasteiger partial charge in [-0.1, -0.05) is 36.4 Å². The molecule has 170 valence electrons. The molecule has 2 heterocycles. The van der Waals surface area contributed by atoms with Gasteiger partial charge in [0, 0.05) is 25.8 Å². The van der Waals surface area contributed by atoms with Crippen LogP contribution in [-0.4, -0.2) is 34.8 Å². The van der Waals surface area contributed by atoms with Crippen molar-refractivity contribution in [1.82, 2.24) is 15.2 Å². The van der Waals surface area contributed by atoms with E-state index in [4.69, 9.17) is 10.5 Å². The minimum atomic E-state index is -0.219. The number of pyridine rings is 1. The van der Waals surface area contributed by atoms with E-state index >= 15 is 0 Å². The van der Waals surface area contributed by atoms with Crippen LogP contribution < -0.4 is 15.8 Å². The smallest absolute Gasteiger partial charge is 0.255 e. The van der Waals surface area contributed by atoms with Crippen molar-refractivity contribution in [3.63, 3.8) is 0 Å². The van der Waals surface area contributed by atoms with Crippen molar-refractivity contribution in [2.24, 2.45) is 11.7 Å². The van der Waals surface area contributed by atoms with E-state index in [0.29, 0.717) is 30.2 Å². The summed E-state index contributed by atoms with van der Waals surface area (Å²) in [6.07, 6.45) is 5.11. The highest BCUT2D eigenvalue weighted by Crippen LogP contribution is 2.24. The van der Waals surface area contributed by atoms with Gasteiger partial charge in [-0.15, -0.1) is 0 Å². The molecule has 1 unspecified atom stereocenters. The molecule has 1 aromatic heterocycles. The van der Waals surface area contributed by atoms with Gasteiger partial charge in [-0.2, -0.15) is 0 Å². The second-order valence-electron chi connectivity index (χ2n) is 8.27. The molecule has 0 radical (unpaired) electrons. The number of piperidine rings is 1. The zero-order valence-electron chi connectivity index (χ0n) is 18.4. The molecule has 0 aliphatic carbocycles. The Morgan fingerprint density at radius 3 is 2.76 bits per heavy atom. The minimum Gasteiger partial charge on any atom is -0.455 e. The fraction of sp³-hybridized carbons (Fsp3) is 0.269. The number of nitrogens with zero attached hydrogens (tertiary/aromatic N) is 2. The van der Waals surface area contributed by atoms with Gasteiger partial charge in [-0.05, 0) is 54.8 Å². The van der Waals surface area contributed by atoms with Gasteiger partial charge in [0.2, 0.25) is 5.91 Å². The summed E-state index contributed by atoms with van der Waals surface area (Å²) in [5.41, 5.74) is 8.11. The fourth-order valence-electron chi connectivity index (χ4n) is 4.08. The van der Waals surface area contributed by atoms with Gasteiger partial charge in [0.25, 0.3) is 5.91 Å². The predicted molar refractivity (Wildman–Crippen MR) is 126 cm³/mol. The first-order valence-corrected chi connectivity index (χ1v) is 11.1. The number of amides is 2. The minimum absolute atomic E-state index is 0.0739. The summed E-state index contributed by atoms with van der Waals surface area (Å²) in [6, 6.07) is 18.9. The number of ether oxygens (including phenoxy) is 1. The highest BCUT2D eigenvalue weighted by Gasteiger charge is 2.23. The third kappa shape index (κ3) is 6.17. The Morgan fingerprint density at radius 1 is 1.09 bits per heavy atom. The number of rotatable bonds is 8. The molecule has 0 saturated carbocycles. The lowest BCUT2D eigenvalue weighted by molar-refractivity contribution is -0.123. The molecule has 0 bridgehead atoms. The number of hydrogen-bond donors (Lipinski definition) is 2. The van der Waals surface area contributed by atoms with Crippen LogP contribution in [0.1, 0.15) is 34.3 Å². The van der Waals surface area contributed by atoms with Crippen LogP contribution >= 0.6 is 0 Å². The Morgan fingerprint density at radius 2 is 1.94 bits per heavy atom. The third-order valence-electron chi connectivity index (χ3n) is 5.75. The lowest BCUT2D eigenvalue weighted by Crippen LogP contribution is -2.40. The maximum Gasteiger partial charge on any atom is 0.255 e. The van der Waals surface area contributed by atoms with Crippen molar-refractivity contribution in [1.29, 1.82) is 0 Å². The molecule has 3 aromatic rings. The van der Waals surface area contributed by atoms with E-state index in [9.17, 15) is 9.59 Å². The number of para-hydroxylation sites is 1. The molecule has 4 rings (SSSR count). The molecule has 1 aliphatic heterocycles. The quantitative estimate of drug-likeness (QED) is 0.554. The first-order chi connectivity index (χ1) is 16.1. The molecule has 1 aliphatic rings. The summed E-state index contributed by atoms with van der Waals surface area (Å²) >= 11 is 0. The predicted octanol–water partition coefficient (Wildman–Crippen LogP) is 3.50. The number of nitrogens with one attached hydrogen (secondary N) is 1. The Hall–Kier alpha value is -3.71. The van der Waals surface area contributed by atoms with E-state index in [1.165, 1.54) is 0 Å². The van der Waals surface area contributed by atoms with Crippen molar-refractivity contribution in [3.05, 3.63) is 89.7 Å². The standard InChI is InChI=1S/C26H28N4O3/c27-25(31)21-8-5-13-30(18-21)17-20-7-3-6-19(14-20)15-29-26(32)23-10-1-2-11-24(23)33-22-9-4-12-28-16-22/h1-4,6-7,9-12,14,16,21H,5,8,13,15,17-18H2,(H2,27,31)(H,29,32). The number of aromatic nitrogens is 1. The van der Waals surface area contributed by atoms with Crippen LogP contribution in [0.5, 0.6) is 11.5 Å². The number of hydrogen-bond acceptors (Lipinski definition) is 5. The molecule has 7 nitrogen and oxygen atoms in total. The first-order valence-electron chi connectivity index (χ1n) is 11.1. The number of carbonyl (C=O) groups excluding carboxylic acids is 2. The van der Waals surface area contributed by atoms with Crippen LogP contribution in [0.25, 0.3) is 0 Å². The third-order valence-corrected chi connectivity index (χ3v) is 5.75. The second-order valence-corrected chi connectivity index (χ2v) is 8.27. The van der Waals surface area contributed by atoms with Crippen LogP contribution in [-0.2, 0) is 17.9 Å². The largest absolute Gasteiger partial charge is 0.455 e. The number of benzene rings is 2. The van der Waals surface area contributed by atoms with Gasteiger partial charge in [0.05, 0.1) is 17.7 Å². The summed E-state index contributed by atoms with van der Waals surface area (Å²) in [5.74, 6) is 0.548. The molecule has 0 spiro atoms. The zero-order valence-corrected chi connectivity index (χ0v) is 18.4. The molecule has 2 aromatic carbocycles. The van der Waals surface area contributed by atoms with Crippen molar-refractivity contribution in [2.75, 3.05) is 13.1 Å². The fourth-order valence-corrected chi connectivity index (χ4v) is 4.08. The van der Waals surface area contributed by atoms with Crippen LogP contribution in [0.2, 0.25) is 0 Å². The van der Waals surface area contributed by atoms with Crippen molar-refractivity contribution < 1.29 is 14.3 Å². The monoisotopic (exact) mass is 444 g/mol. The summed E-state index contributed by atoms with van der Waals surface area (Å²) in [4.78, 5) is 30.7. The maximum absolute atomic E-state index is 12.9. The van der Waals surface area contributed by atoms with E-state index in [-0.39, 0.29) is 17.7 Å². The normalized spacial score (nSPS) is 16.2. The van der Waals surface area contributed by atoms with E-state index in [1.54, 1.807) is 36.7 Å². The lowest BCUT2D eigenvalue weighted by atomic mass is 9.97. The van der Waals surface area contributed by atoms with E-state index in [1.807, 2.05) is 24.3 Å². The van der Waals surface area contributed by atoms with Crippen LogP contribution in [0.15, 0.2) is 73.1 Å². The Bertz CT molecular complexity index is 1100. The lowest BCUT2D eigenvalue weighted by Gasteiger charge is -2.31. The molecule has 2 amide bonds. The molecule has 7 heteroatoms. The molecule has 1 fully saturated rings. The van der Waals surface area contributed by atoms with Gasteiger partial charge in [-0.3, -0.25) is 19.5 Å². The van der Waals surface area contributed by atoms with Gasteiger partial charge in [0.15, 0.2) is 0 Å². The first kappa shape index (κ1) is 22.5. The van der Waals surface area contributed by atoms with Crippen molar-refractivity contribution in [3.8, 4) is 11.5 Å². The Balaban J connectivity index is 1.37. The van der Waals surface area contributed by atoms with Gasteiger partial charge >= 0.3 is 0 Å². The summed E-state index contributed by atoms with van der Waals surface area (Å²) < 4.78 is 5.85. The highest BCUT2D eigenvalue weighted by atomic mass is 16.5. The van der Waals surface area contributed by atoms with E-state index < -0.39 is 0 Å². The van der Waals surface area contributed by atoms with Gasteiger partial charge < -0.3 is 15.8 Å².